The molecule has 0 atom stereocenters. The molecule has 0 amide bonds. The first-order valence-electron chi connectivity index (χ1n) is 4.52. The molecule has 0 unspecified atom stereocenters. The summed E-state index contributed by atoms with van der Waals surface area (Å²) in [7, 11) is 0. The predicted octanol–water partition coefficient (Wildman–Crippen LogP) is 0.959. The maximum absolute atomic E-state index is 12.4. The Morgan fingerprint density at radius 1 is 1.27 bits per heavy atom. The van der Waals surface area contributed by atoms with Crippen LogP contribution in [0.25, 0.3) is 0 Å². The zero-order chi connectivity index (χ0) is 11.1. The molecule has 1 aromatic rings. The molecule has 82 valence electrons. The second kappa shape index (κ2) is 3.25. The van der Waals surface area contributed by atoms with Crippen molar-refractivity contribution in [2.75, 3.05) is 13.2 Å². The average Bonchev–Trinajstić information content (AvgIpc) is 2.13. The van der Waals surface area contributed by atoms with Gasteiger partial charge in [0.05, 0.1) is 13.2 Å². The first-order valence-corrected chi connectivity index (χ1v) is 4.52. The molecule has 0 spiro atoms. The number of hydrogen-bond acceptors (Lipinski definition) is 2. The van der Waals surface area contributed by atoms with E-state index in [1.54, 1.807) is 0 Å². The minimum atomic E-state index is -5.01. The molecule has 1 heterocycles. The van der Waals surface area contributed by atoms with Crippen molar-refractivity contribution in [3.05, 3.63) is 29.8 Å². The van der Waals surface area contributed by atoms with E-state index >= 15 is 0 Å². The normalized spacial score (nSPS) is 19.7. The fraction of sp³-hybridized carbons (Fsp3) is 0.333. The van der Waals surface area contributed by atoms with E-state index in [0.717, 1.165) is 12.1 Å². The summed E-state index contributed by atoms with van der Waals surface area (Å²) in [5, 5.41) is 9.79. The van der Waals surface area contributed by atoms with E-state index in [1.807, 2.05) is 0 Å². The minimum Gasteiger partial charge on any atom is -0.445 e. The number of ether oxygens (including phenoxy) is 1. The van der Waals surface area contributed by atoms with Crippen molar-refractivity contribution in [3.8, 4) is 0 Å². The van der Waals surface area contributed by atoms with Gasteiger partial charge in [0.15, 0.2) is 0 Å². The number of halogens is 3. The highest BCUT2D eigenvalue weighted by Crippen LogP contribution is 2.28. The van der Waals surface area contributed by atoms with Gasteiger partial charge in [0, 0.05) is 0 Å². The van der Waals surface area contributed by atoms with Gasteiger partial charge in [-0.1, -0.05) is 24.3 Å². The molecule has 0 aromatic heterocycles. The smallest absolute Gasteiger partial charge is 0.445 e. The van der Waals surface area contributed by atoms with Crippen molar-refractivity contribution in [1.29, 1.82) is 0 Å². The highest BCUT2D eigenvalue weighted by Gasteiger charge is 2.38. The molecule has 2 rings (SSSR count). The van der Waals surface area contributed by atoms with Gasteiger partial charge in [0.2, 0.25) is 0 Å². The monoisotopic (exact) mass is 217 g/mol. The standard InChI is InChI=1S/C9H9BF3O2/c11-10(12,13)8-3-1-2-7(4-8)9(14)5-15-6-9/h1-4,14H,5-6H2/q-1. The van der Waals surface area contributed by atoms with E-state index in [1.165, 1.54) is 12.1 Å². The lowest BCUT2D eigenvalue weighted by Crippen LogP contribution is -2.47. The average molecular weight is 217 g/mol. The number of aliphatic hydroxyl groups is 1. The summed E-state index contributed by atoms with van der Waals surface area (Å²) >= 11 is 0. The van der Waals surface area contributed by atoms with Crippen LogP contribution in [-0.2, 0) is 10.3 Å². The molecule has 0 radical (unpaired) electrons. The Labute approximate surface area is 84.7 Å². The Morgan fingerprint density at radius 2 is 1.93 bits per heavy atom. The summed E-state index contributed by atoms with van der Waals surface area (Å²) in [4.78, 5) is 0. The van der Waals surface area contributed by atoms with Crippen LogP contribution in [0, 0.1) is 0 Å². The van der Waals surface area contributed by atoms with Gasteiger partial charge in [-0.05, 0) is 5.56 Å². The summed E-state index contributed by atoms with van der Waals surface area (Å²) < 4.78 is 42.1. The number of benzene rings is 1. The molecule has 0 aliphatic carbocycles. The van der Waals surface area contributed by atoms with Crippen molar-refractivity contribution in [1.82, 2.24) is 0 Å². The van der Waals surface area contributed by atoms with E-state index in [2.05, 4.69) is 0 Å². The molecule has 15 heavy (non-hydrogen) atoms. The first-order chi connectivity index (χ1) is 6.92. The molecule has 1 saturated heterocycles. The zero-order valence-corrected chi connectivity index (χ0v) is 7.79. The summed E-state index contributed by atoms with van der Waals surface area (Å²) in [6.07, 6.45) is 0. The van der Waals surface area contributed by atoms with Crippen LogP contribution >= 0.6 is 0 Å². The SMILES string of the molecule is OC1(c2cccc([B-](F)(F)F)c2)COC1. The molecule has 1 N–H and O–H groups in total. The Balaban J connectivity index is 2.35. The maximum Gasteiger partial charge on any atom is 0.509 e. The molecule has 1 aliphatic heterocycles. The highest BCUT2D eigenvalue weighted by atomic mass is 19.4. The maximum atomic E-state index is 12.4. The van der Waals surface area contributed by atoms with Crippen LogP contribution in [0.4, 0.5) is 12.9 Å². The van der Waals surface area contributed by atoms with Gasteiger partial charge >= 0.3 is 6.98 Å². The van der Waals surface area contributed by atoms with Crippen molar-refractivity contribution in [2.45, 2.75) is 5.60 Å². The van der Waals surface area contributed by atoms with Crippen LogP contribution in [0.3, 0.4) is 0 Å². The zero-order valence-electron chi connectivity index (χ0n) is 7.79. The van der Waals surface area contributed by atoms with E-state index in [-0.39, 0.29) is 18.8 Å². The second-order valence-electron chi connectivity index (χ2n) is 3.72. The van der Waals surface area contributed by atoms with Crippen LogP contribution < -0.4 is 5.46 Å². The third kappa shape index (κ3) is 1.87. The van der Waals surface area contributed by atoms with E-state index in [9.17, 15) is 18.1 Å². The minimum absolute atomic E-state index is 0.0569. The van der Waals surface area contributed by atoms with Gasteiger partial charge in [-0.15, -0.1) is 5.46 Å². The predicted molar refractivity (Wildman–Crippen MR) is 49.9 cm³/mol. The van der Waals surface area contributed by atoms with Crippen molar-refractivity contribution >= 4 is 12.4 Å². The third-order valence-electron chi connectivity index (χ3n) is 2.48. The largest absolute Gasteiger partial charge is 0.509 e. The first kappa shape index (κ1) is 10.5. The van der Waals surface area contributed by atoms with Crippen LogP contribution in [0.5, 0.6) is 0 Å². The van der Waals surface area contributed by atoms with Gasteiger partial charge in [0.25, 0.3) is 0 Å². The Morgan fingerprint density at radius 3 is 2.40 bits per heavy atom. The van der Waals surface area contributed by atoms with Crippen LogP contribution in [0.15, 0.2) is 24.3 Å². The topological polar surface area (TPSA) is 29.5 Å². The quantitative estimate of drug-likeness (QED) is 0.747. The molecular formula is C9H9BF3O2-. The Bertz CT molecular complexity index is 374. The van der Waals surface area contributed by atoms with Gasteiger partial charge in [-0.2, -0.15) is 0 Å². The third-order valence-corrected chi connectivity index (χ3v) is 2.48. The highest BCUT2D eigenvalue weighted by molar-refractivity contribution is 6.73. The van der Waals surface area contributed by atoms with Crippen LogP contribution in [-0.4, -0.2) is 25.3 Å². The van der Waals surface area contributed by atoms with Gasteiger partial charge in [-0.25, -0.2) is 0 Å². The second-order valence-corrected chi connectivity index (χ2v) is 3.72. The van der Waals surface area contributed by atoms with E-state index < -0.39 is 18.0 Å². The fourth-order valence-corrected chi connectivity index (χ4v) is 1.49. The van der Waals surface area contributed by atoms with Crippen molar-refractivity contribution < 1.29 is 22.8 Å². The molecule has 0 saturated carbocycles. The summed E-state index contributed by atoms with van der Waals surface area (Å²) in [5.74, 6) is 0. The number of hydrogen-bond donors (Lipinski definition) is 1. The van der Waals surface area contributed by atoms with Crippen LogP contribution in [0.2, 0.25) is 0 Å². The van der Waals surface area contributed by atoms with Gasteiger partial charge in [0.1, 0.15) is 5.60 Å². The molecule has 0 bridgehead atoms. The van der Waals surface area contributed by atoms with Gasteiger partial charge in [-0.3, -0.25) is 0 Å². The fourth-order valence-electron chi connectivity index (χ4n) is 1.49. The Kier molecular flexibility index (Phi) is 2.28. The lowest BCUT2D eigenvalue weighted by molar-refractivity contribution is -0.184. The number of rotatable bonds is 2. The van der Waals surface area contributed by atoms with E-state index in [4.69, 9.17) is 4.74 Å². The molecule has 1 aliphatic rings. The molecule has 1 aromatic carbocycles. The summed E-state index contributed by atoms with van der Waals surface area (Å²) in [5.41, 5.74) is -1.66. The van der Waals surface area contributed by atoms with Gasteiger partial charge < -0.3 is 22.8 Å². The Hall–Kier alpha value is -1.01. The lowest BCUT2D eigenvalue weighted by Gasteiger charge is -2.37. The van der Waals surface area contributed by atoms with Crippen molar-refractivity contribution in [2.24, 2.45) is 0 Å². The molecule has 1 fully saturated rings. The summed E-state index contributed by atoms with van der Waals surface area (Å²) in [6.45, 7) is -4.90. The van der Waals surface area contributed by atoms with E-state index in [0.29, 0.717) is 0 Å². The summed E-state index contributed by atoms with van der Waals surface area (Å²) in [6, 6.07) is 4.78. The molecular weight excluding hydrogens is 208 g/mol. The molecule has 2 nitrogen and oxygen atoms in total. The van der Waals surface area contributed by atoms with Crippen LogP contribution in [0.1, 0.15) is 5.56 Å². The molecule has 6 heteroatoms. The lowest BCUT2D eigenvalue weighted by atomic mass is 9.77. The van der Waals surface area contributed by atoms with Crippen molar-refractivity contribution in [3.63, 3.8) is 0 Å².